The lowest BCUT2D eigenvalue weighted by Gasteiger charge is -2.04. The molecule has 0 radical (unpaired) electrons. The van der Waals surface area contributed by atoms with Crippen molar-refractivity contribution in [1.29, 1.82) is 0 Å². The van der Waals surface area contributed by atoms with Crippen LogP contribution in [0.4, 0.5) is 11.5 Å². The maximum absolute atomic E-state index is 10.7. The molecule has 1 aromatic carbocycles. The number of halogens is 1. The van der Waals surface area contributed by atoms with E-state index in [0.717, 1.165) is 9.37 Å². The molecule has 1 aromatic heterocycles. The Bertz CT molecular complexity index is 607. The van der Waals surface area contributed by atoms with E-state index in [-0.39, 0.29) is 11.5 Å². The van der Waals surface area contributed by atoms with Crippen molar-refractivity contribution in [2.45, 2.75) is 9.92 Å². The molecular formula is C11H8BrN3O2S. The van der Waals surface area contributed by atoms with Crippen LogP contribution in [-0.4, -0.2) is 9.91 Å². The molecule has 2 rings (SSSR count). The minimum atomic E-state index is -0.484. The number of nitrogen functional groups attached to an aromatic ring is 1. The molecule has 0 atom stereocenters. The third-order valence-electron chi connectivity index (χ3n) is 2.07. The van der Waals surface area contributed by atoms with Crippen LogP contribution in [0.3, 0.4) is 0 Å². The zero-order valence-corrected chi connectivity index (χ0v) is 11.4. The Kier molecular flexibility index (Phi) is 3.83. The van der Waals surface area contributed by atoms with Gasteiger partial charge in [-0.1, -0.05) is 23.9 Å². The standard InChI is InChI=1S/C11H8BrN3O2S/c12-8-3-1-2-4-9(8)18-11-6-7(15(16)17)5-10(13)14-11/h1-6H,(H2,13,14). The van der Waals surface area contributed by atoms with Gasteiger partial charge in [0.1, 0.15) is 10.8 Å². The number of hydrogen-bond acceptors (Lipinski definition) is 5. The normalized spacial score (nSPS) is 10.3. The molecule has 92 valence electrons. The minimum absolute atomic E-state index is 0.0583. The van der Waals surface area contributed by atoms with E-state index in [1.165, 1.54) is 23.9 Å². The number of pyridine rings is 1. The van der Waals surface area contributed by atoms with Gasteiger partial charge in [0.15, 0.2) is 0 Å². The van der Waals surface area contributed by atoms with Crippen molar-refractivity contribution >= 4 is 39.2 Å². The van der Waals surface area contributed by atoms with Crippen LogP contribution in [-0.2, 0) is 0 Å². The summed E-state index contributed by atoms with van der Waals surface area (Å²) in [5.41, 5.74) is 5.49. The van der Waals surface area contributed by atoms with E-state index in [1.807, 2.05) is 24.3 Å². The van der Waals surface area contributed by atoms with Crippen molar-refractivity contribution in [3.8, 4) is 0 Å². The van der Waals surface area contributed by atoms with Crippen LogP contribution < -0.4 is 5.73 Å². The van der Waals surface area contributed by atoms with E-state index in [1.54, 1.807) is 0 Å². The van der Waals surface area contributed by atoms with E-state index >= 15 is 0 Å². The molecule has 0 aliphatic rings. The van der Waals surface area contributed by atoms with E-state index in [2.05, 4.69) is 20.9 Å². The van der Waals surface area contributed by atoms with E-state index in [4.69, 9.17) is 5.73 Å². The lowest BCUT2D eigenvalue weighted by molar-refractivity contribution is -0.385. The number of rotatable bonds is 3. The van der Waals surface area contributed by atoms with Gasteiger partial charge in [0.05, 0.1) is 11.0 Å². The summed E-state index contributed by atoms with van der Waals surface area (Å²) in [6.45, 7) is 0. The zero-order chi connectivity index (χ0) is 13.1. The first-order chi connectivity index (χ1) is 8.56. The van der Waals surface area contributed by atoms with Gasteiger partial charge in [-0.3, -0.25) is 10.1 Å². The van der Waals surface area contributed by atoms with Gasteiger partial charge in [-0.15, -0.1) is 0 Å². The largest absolute Gasteiger partial charge is 0.383 e. The number of anilines is 1. The van der Waals surface area contributed by atoms with E-state index < -0.39 is 4.92 Å². The number of benzene rings is 1. The lowest BCUT2D eigenvalue weighted by Crippen LogP contribution is -1.95. The molecule has 0 unspecified atom stereocenters. The molecular weight excluding hydrogens is 318 g/mol. The average Bonchev–Trinajstić information content (AvgIpc) is 2.31. The van der Waals surface area contributed by atoms with Gasteiger partial charge in [-0.2, -0.15) is 0 Å². The summed E-state index contributed by atoms with van der Waals surface area (Å²) in [5, 5.41) is 11.2. The fourth-order valence-corrected chi connectivity index (χ4v) is 2.71. The SMILES string of the molecule is Nc1cc([N+](=O)[O-])cc(Sc2ccccc2Br)n1. The monoisotopic (exact) mass is 325 g/mol. The molecule has 7 heteroatoms. The fraction of sp³-hybridized carbons (Fsp3) is 0. The quantitative estimate of drug-likeness (QED) is 0.690. The van der Waals surface area contributed by atoms with Crippen molar-refractivity contribution in [3.63, 3.8) is 0 Å². The summed E-state index contributed by atoms with van der Waals surface area (Å²) in [5.74, 6) is 0.138. The van der Waals surface area contributed by atoms with Crippen molar-refractivity contribution in [3.05, 3.63) is 51.0 Å². The summed E-state index contributed by atoms with van der Waals surface area (Å²) < 4.78 is 0.905. The smallest absolute Gasteiger partial charge is 0.275 e. The molecule has 18 heavy (non-hydrogen) atoms. The Morgan fingerprint density at radius 3 is 2.72 bits per heavy atom. The maximum atomic E-state index is 10.7. The van der Waals surface area contributed by atoms with Crippen LogP contribution in [0.15, 0.2) is 50.8 Å². The molecule has 0 saturated heterocycles. The first-order valence-corrected chi connectivity index (χ1v) is 6.51. The molecule has 2 aromatic rings. The van der Waals surface area contributed by atoms with Crippen molar-refractivity contribution in [1.82, 2.24) is 4.98 Å². The molecule has 0 amide bonds. The second-order valence-electron chi connectivity index (χ2n) is 3.38. The van der Waals surface area contributed by atoms with Gasteiger partial charge in [0, 0.05) is 15.4 Å². The Morgan fingerprint density at radius 1 is 1.33 bits per heavy atom. The van der Waals surface area contributed by atoms with Crippen LogP contribution in [0.5, 0.6) is 0 Å². The van der Waals surface area contributed by atoms with Gasteiger partial charge in [-0.05, 0) is 28.1 Å². The number of hydrogen-bond donors (Lipinski definition) is 1. The van der Waals surface area contributed by atoms with Gasteiger partial charge >= 0.3 is 0 Å². The van der Waals surface area contributed by atoms with Crippen molar-refractivity contribution in [2.75, 3.05) is 5.73 Å². The summed E-state index contributed by atoms with van der Waals surface area (Å²) >= 11 is 4.72. The first kappa shape index (κ1) is 12.8. The topological polar surface area (TPSA) is 82.0 Å². The molecule has 0 bridgehead atoms. The molecule has 0 saturated carbocycles. The highest BCUT2D eigenvalue weighted by atomic mass is 79.9. The predicted octanol–water partition coefficient (Wildman–Crippen LogP) is 3.49. The van der Waals surface area contributed by atoms with Crippen LogP contribution in [0, 0.1) is 10.1 Å². The third kappa shape index (κ3) is 2.99. The van der Waals surface area contributed by atoms with Crippen LogP contribution >= 0.6 is 27.7 Å². The number of nitrogens with zero attached hydrogens (tertiary/aromatic N) is 2. The zero-order valence-electron chi connectivity index (χ0n) is 9.04. The summed E-state index contributed by atoms with van der Waals surface area (Å²) in [6.07, 6.45) is 0. The van der Waals surface area contributed by atoms with Crippen LogP contribution in [0.1, 0.15) is 0 Å². The molecule has 0 fully saturated rings. The Hall–Kier alpha value is -1.60. The van der Waals surface area contributed by atoms with Gasteiger partial charge in [0.2, 0.25) is 0 Å². The third-order valence-corrected chi connectivity index (χ3v) is 4.02. The predicted molar refractivity (Wildman–Crippen MR) is 73.6 cm³/mol. The van der Waals surface area contributed by atoms with Crippen LogP contribution in [0.2, 0.25) is 0 Å². The highest BCUT2D eigenvalue weighted by molar-refractivity contribution is 9.10. The van der Waals surface area contributed by atoms with Gasteiger partial charge in [-0.25, -0.2) is 4.98 Å². The van der Waals surface area contributed by atoms with Crippen molar-refractivity contribution < 1.29 is 4.92 Å². The molecule has 1 heterocycles. The molecule has 0 aliphatic heterocycles. The van der Waals surface area contributed by atoms with E-state index in [0.29, 0.717) is 5.03 Å². The lowest BCUT2D eigenvalue weighted by atomic mass is 10.4. The van der Waals surface area contributed by atoms with Crippen molar-refractivity contribution in [2.24, 2.45) is 0 Å². The van der Waals surface area contributed by atoms with Crippen LogP contribution in [0.25, 0.3) is 0 Å². The minimum Gasteiger partial charge on any atom is -0.383 e. The number of aromatic nitrogens is 1. The summed E-state index contributed by atoms with van der Waals surface area (Å²) in [6, 6.07) is 10.2. The molecule has 0 aliphatic carbocycles. The average molecular weight is 326 g/mol. The summed E-state index contributed by atoms with van der Waals surface area (Å²) in [7, 11) is 0. The second kappa shape index (κ2) is 5.36. The second-order valence-corrected chi connectivity index (χ2v) is 5.29. The van der Waals surface area contributed by atoms with Gasteiger partial charge in [0.25, 0.3) is 5.69 Å². The molecule has 0 spiro atoms. The maximum Gasteiger partial charge on any atom is 0.275 e. The number of nitrogens with two attached hydrogens (primary N) is 1. The first-order valence-electron chi connectivity index (χ1n) is 4.90. The highest BCUT2D eigenvalue weighted by Crippen LogP contribution is 2.34. The van der Waals surface area contributed by atoms with Gasteiger partial charge < -0.3 is 5.73 Å². The summed E-state index contributed by atoms with van der Waals surface area (Å²) in [4.78, 5) is 15.2. The fourth-order valence-electron chi connectivity index (χ4n) is 1.31. The highest BCUT2D eigenvalue weighted by Gasteiger charge is 2.11. The number of nitro groups is 1. The molecule has 5 nitrogen and oxygen atoms in total. The Balaban J connectivity index is 2.35. The van der Waals surface area contributed by atoms with E-state index in [9.17, 15) is 10.1 Å². The molecule has 2 N–H and O–H groups in total. The Labute approximate surface area is 116 Å². The Morgan fingerprint density at radius 2 is 2.06 bits per heavy atom.